The molecule has 0 saturated heterocycles. The molecule has 3 aromatic heterocycles. The van der Waals surface area contributed by atoms with Gasteiger partial charge in [0.05, 0.1) is 27.3 Å². The van der Waals surface area contributed by atoms with Crippen LogP contribution in [0.2, 0.25) is 5.15 Å². The second kappa shape index (κ2) is 9.41. The molecule has 3 heterocycles. The molecule has 0 aliphatic heterocycles. The Morgan fingerprint density at radius 1 is 1.14 bits per heavy atom. The molecule has 182 valence electrons. The lowest BCUT2D eigenvalue weighted by Gasteiger charge is -2.14. The fourth-order valence-electron chi connectivity index (χ4n) is 3.65. The first kappa shape index (κ1) is 24.0. The van der Waals surface area contributed by atoms with Crippen LogP contribution in [-0.4, -0.2) is 34.5 Å². The molecule has 0 bridgehead atoms. The van der Waals surface area contributed by atoms with Gasteiger partial charge in [-0.15, -0.1) is 11.3 Å². The first-order chi connectivity index (χ1) is 17.2. The molecule has 0 saturated carbocycles. The van der Waals surface area contributed by atoms with Crippen LogP contribution in [0.25, 0.3) is 22.0 Å². The normalized spacial score (nSPS) is 12.5. The molecule has 8 nitrogen and oxygen atoms in total. The maximum Gasteiger partial charge on any atom is 0.275 e. The predicted molar refractivity (Wildman–Crippen MR) is 137 cm³/mol. The van der Waals surface area contributed by atoms with E-state index in [9.17, 15) is 13.2 Å². The van der Waals surface area contributed by atoms with Crippen molar-refractivity contribution in [1.29, 1.82) is 0 Å². The maximum atomic E-state index is 15.4. The molecule has 5 aromatic rings. The minimum Gasteiger partial charge on any atom is -0.320 e. The third-order valence-corrected chi connectivity index (χ3v) is 8.26. The summed E-state index contributed by atoms with van der Waals surface area (Å²) in [6.45, 7) is 1.80. The summed E-state index contributed by atoms with van der Waals surface area (Å²) in [5.41, 5.74) is -0.460. The standard InChI is InChI=1S/C24H17ClFN5O3S2/c1-13-29-21(12-35-13)24(32)30-19-8-14(9-20-18(19)11-28-31-20)15-7-17(22(25)27-10-15)23(26)36(33,34)16-5-3-2-4-6-16/h2-12,23H,1H3,(H,28,31)(H,30,32). The minimum atomic E-state index is -4.36. The van der Waals surface area contributed by atoms with Crippen LogP contribution < -0.4 is 5.32 Å². The fourth-order valence-corrected chi connectivity index (χ4v) is 5.80. The summed E-state index contributed by atoms with van der Waals surface area (Å²) >= 11 is 7.48. The summed E-state index contributed by atoms with van der Waals surface area (Å²) in [7, 11) is -4.36. The van der Waals surface area contributed by atoms with Gasteiger partial charge >= 0.3 is 0 Å². The van der Waals surface area contributed by atoms with Gasteiger partial charge in [0.2, 0.25) is 15.3 Å². The van der Waals surface area contributed by atoms with E-state index >= 15 is 4.39 Å². The number of carbonyl (C=O) groups is 1. The van der Waals surface area contributed by atoms with E-state index in [1.54, 1.807) is 36.7 Å². The first-order valence-corrected chi connectivity index (χ1v) is 13.3. The van der Waals surface area contributed by atoms with Gasteiger partial charge in [0, 0.05) is 28.1 Å². The van der Waals surface area contributed by atoms with Gasteiger partial charge in [0.25, 0.3) is 5.91 Å². The van der Waals surface area contributed by atoms with Gasteiger partial charge in [0.15, 0.2) is 0 Å². The lowest BCUT2D eigenvalue weighted by atomic mass is 10.0. The smallest absolute Gasteiger partial charge is 0.275 e. The topological polar surface area (TPSA) is 118 Å². The number of aromatic amines is 1. The number of aryl methyl sites for hydroxylation is 1. The number of anilines is 1. The number of amides is 1. The highest BCUT2D eigenvalue weighted by atomic mass is 35.5. The molecule has 1 amide bonds. The second-order valence-electron chi connectivity index (χ2n) is 7.84. The van der Waals surface area contributed by atoms with Crippen molar-refractivity contribution in [3.63, 3.8) is 0 Å². The number of alkyl halides is 1. The van der Waals surface area contributed by atoms with Crippen molar-refractivity contribution >= 4 is 55.3 Å². The zero-order valence-electron chi connectivity index (χ0n) is 18.6. The van der Waals surface area contributed by atoms with Crippen LogP contribution in [0.1, 0.15) is 26.6 Å². The van der Waals surface area contributed by atoms with E-state index in [0.29, 0.717) is 27.7 Å². The van der Waals surface area contributed by atoms with Crippen molar-refractivity contribution < 1.29 is 17.6 Å². The Kier molecular flexibility index (Phi) is 6.29. The number of H-pyrrole nitrogens is 1. The number of rotatable bonds is 6. The van der Waals surface area contributed by atoms with Gasteiger partial charge in [-0.25, -0.2) is 22.8 Å². The number of carbonyl (C=O) groups excluding carboxylic acids is 1. The number of hydrogen-bond acceptors (Lipinski definition) is 7. The molecule has 0 aliphatic rings. The highest BCUT2D eigenvalue weighted by Gasteiger charge is 2.31. The summed E-state index contributed by atoms with van der Waals surface area (Å²) in [4.78, 5) is 20.8. The molecule has 2 N–H and O–H groups in total. The molecule has 0 spiro atoms. The second-order valence-corrected chi connectivity index (χ2v) is 11.2. The summed E-state index contributed by atoms with van der Waals surface area (Å²) < 4.78 is 41.1. The summed E-state index contributed by atoms with van der Waals surface area (Å²) in [6.07, 6.45) is 2.97. The Labute approximate surface area is 214 Å². The molecule has 0 fully saturated rings. The van der Waals surface area contributed by atoms with Crippen LogP contribution in [-0.2, 0) is 9.84 Å². The highest BCUT2D eigenvalue weighted by Crippen LogP contribution is 2.37. The lowest BCUT2D eigenvalue weighted by molar-refractivity contribution is 0.102. The summed E-state index contributed by atoms with van der Waals surface area (Å²) in [5, 5.41) is 12.5. The van der Waals surface area contributed by atoms with Crippen molar-refractivity contribution in [2.75, 3.05) is 5.32 Å². The van der Waals surface area contributed by atoms with Crippen molar-refractivity contribution in [2.45, 2.75) is 17.3 Å². The average molecular weight is 542 g/mol. The van der Waals surface area contributed by atoms with E-state index in [1.165, 1.54) is 47.9 Å². The third-order valence-electron chi connectivity index (χ3n) is 5.45. The van der Waals surface area contributed by atoms with E-state index in [1.807, 2.05) is 0 Å². The Balaban J connectivity index is 1.55. The van der Waals surface area contributed by atoms with Crippen molar-refractivity contribution in [3.8, 4) is 11.1 Å². The summed E-state index contributed by atoms with van der Waals surface area (Å²) in [6, 6.07) is 12.0. The van der Waals surface area contributed by atoms with E-state index in [0.717, 1.165) is 5.01 Å². The Hall–Kier alpha value is -3.67. The number of thiazole rings is 1. The molecule has 2 aromatic carbocycles. The minimum absolute atomic E-state index is 0.167. The number of aromatic nitrogens is 4. The van der Waals surface area contributed by atoms with Crippen LogP contribution in [0.3, 0.4) is 0 Å². The van der Waals surface area contributed by atoms with Gasteiger partial charge in [-0.1, -0.05) is 29.8 Å². The van der Waals surface area contributed by atoms with E-state index < -0.39 is 21.2 Å². The Morgan fingerprint density at radius 3 is 2.64 bits per heavy atom. The number of pyridine rings is 1. The maximum absolute atomic E-state index is 15.4. The Bertz CT molecular complexity index is 1700. The van der Waals surface area contributed by atoms with E-state index in [4.69, 9.17) is 11.6 Å². The SMILES string of the molecule is Cc1nc(C(=O)Nc2cc(-c3cnc(Cl)c(C(F)S(=O)(=O)c4ccccc4)c3)cc3[nH]ncc23)cs1. The van der Waals surface area contributed by atoms with Crippen LogP contribution in [0, 0.1) is 6.92 Å². The van der Waals surface area contributed by atoms with Gasteiger partial charge < -0.3 is 5.32 Å². The number of halogens is 2. The molecule has 5 rings (SSSR count). The van der Waals surface area contributed by atoms with E-state index in [-0.39, 0.29) is 21.3 Å². The molecule has 1 unspecified atom stereocenters. The van der Waals surface area contributed by atoms with Gasteiger partial charge in [0.1, 0.15) is 10.8 Å². The van der Waals surface area contributed by atoms with Gasteiger partial charge in [-0.3, -0.25) is 9.89 Å². The number of nitrogens with one attached hydrogen (secondary N) is 2. The van der Waals surface area contributed by atoms with Crippen molar-refractivity contribution in [2.24, 2.45) is 0 Å². The quantitative estimate of drug-likeness (QED) is 0.265. The highest BCUT2D eigenvalue weighted by molar-refractivity contribution is 7.91. The monoisotopic (exact) mass is 541 g/mol. The summed E-state index contributed by atoms with van der Waals surface area (Å²) in [5.74, 6) is -0.397. The van der Waals surface area contributed by atoms with Crippen molar-refractivity contribution in [1.82, 2.24) is 20.2 Å². The van der Waals surface area contributed by atoms with E-state index in [2.05, 4.69) is 25.5 Å². The van der Waals surface area contributed by atoms with Crippen molar-refractivity contribution in [3.05, 3.63) is 87.7 Å². The van der Waals surface area contributed by atoms with Crippen LogP contribution >= 0.6 is 22.9 Å². The van der Waals surface area contributed by atoms with Gasteiger partial charge in [-0.2, -0.15) is 5.10 Å². The Morgan fingerprint density at radius 2 is 1.92 bits per heavy atom. The molecular weight excluding hydrogens is 525 g/mol. The number of hydrogen-bond donors (Lipinski definition) is 2. The zero-order valence-corrected chi connectivity index (χ0v) is 21.0. The van der Waals surface area contributed by atoms with Crippen LogP contribution in [0.5, 0.6) is 0 Å². The van der Waals surface area contributed by atoms with Gasteiger partial charge in [-0.05, 0) is 42.8 Å². The third kappa shape index (κ3) is 4.48. The lowest BCUT2D eigenvalue weighted by Crippen LogP contribution is -2.12. The number of fused-ring (bicyclic) bond motifs is 1. The predicted octanol–water partition coefficient (Wildman–Crippen LogP) is 5.74. The molecule has 0 aliphatic carbocycles. The number of sulfone groups is 1. The number of nitrogens with zero attached hydrogens (tertiary/aromatic N) is 3. The molecular formula is C24H17ClFN5O3S2. The molecule has 36 heavy (non-hydrogen) atoms. The molecule has 1 atom stereocenters. The number of benzene rings is 2. The largest absolute Gasteiger partial charge is 0.320 e. The zero-order chi connectivity index (χ0) is 25.4. The average Bonchev–Trinajstić information content (AvgIpc) is 3.53. The molecule has 12 heteroatoms. The fraction of sp³-hybridized carbons (Fsp3) is 0.0833. The van der Waals surface area contributed by atoms with Crippen LogP contribution in [0.15, 0.2) is 71.2 Å². The first-order valence-electron chi connectivity index (χ1n) is 10.5. The van der Waals surface area contributed by atoms with Crippen LogP contribution in [0.4, 0.5) is 10.1 Å². The molecule has 0 radical (unpaired) electrons.